The number of hydrogen-bond acceptors (Lipinski definition) is 0. The molecule has 0 fully saturated rings. The molecule has 2 aliphatic carbocycles. The highest BCUT2D eigenvalue weighted by atomic mass is 19.1. The summed E-state index contributed by atoms with van der Waals surface area (Å²) in [6.45, 7) is 4.06. The minimum absolute atomic E-state index is 0.177. The first kappa shape index (κ1) is 22.5. The van der Waals surface area contributed by atoms with Crippen LogP contribution in [0.3, 0.4) is 0 Å². The molecule has 0 nitrogen and oxygen atoms in total. The lowest BCUT2D eigenvalue weighted by atomic mass is 9.66. The second-order valence-corrected chi connectivity index (χ2v) is 10.8. The first-order valence-electron chi connectivity index (χ1n) is 13.0. The molecule has 4 aromatic rings. The van der Waals surface area contributed by atoms with Gasteiger partial charge in [-0.25, -0.2) is 0 Å². The maximum absolute atomic E-state index is 13.7. The molecule has 35 heavy (non-hydrogen) atoms. The summed E-state index contributed by atoms with van der Waals surface area (Å²) >= 11 is 0. The Labute approximate surface area is 207 Å². The molecule has 178 valence electrons. The minimum atomic E-state index is -0.328. The van der Waals surface area contributed by atoms with Gasteiger partial charge >= 0.3 is 0 Å². The molecule has 0 heterocycles. The molecule has 0 saturated heterocycles. The lowest BCUT2D eigenvalue weighted by Gasteiger charge is -2.36. The fourth-order valence-electron chi connectivity index (χ4n) is 7.20. The summed E-state index contributed by atoms with van der Waals surface area (Å²) in [5, 5.41) is 2.55. The van der Waals surface area contributed by atoms with Gasteiger partial charge in [-0.1, -0.05) is 86.6 Å². The van der Waals surface area contributed by atoms with Crippen LogP contribution in [0.1, 0.15) is 68.2 Å². The summed E-state index contributed by atoms with van der Waals surface area (Å²) in [5.41, 5.74) is 10.1. The summed E-state index contributed by atoms with van der Waals surface area (Å²) in [5.74, 6) is 0. The van der Waals surface area contributed by atoms with Crippen LogP contribution < -0.4 is 0 Å². The Morgan fingerprint density at radius 1 is 0.600 bits per heavy atom. The predicted octanol–water partition coefficient (Wildman–Crippen LogP) is 9.30. The summed E-state index contributed by atoms with van der Waals surface area (Å²) in [6.07, 6.45) is 3.48. The van der Waals surface area contributed by atoms with E-state index in [9.17, 15) is 8.78 Å². The molecule has 0 spiro atoms. The fraction of sp³-hybridized carbons (Fsp3) is 0.333. The molecule has 1 atom stereocenters. The van der Waals surface area contributed by atoms with Crippen molar-refractivity contribution in [3.63, 3.8) is 0 Å². The third-order valence-electron chi connectivity index (χ3n) is 8.64. The number of fused-ring (bicyclic) bond motifs is 9. The molecular weight excluding hydrogens is 434 g/mol. The monoisotopic (exact) mass is 466 g/mol. The lowest BCUT2D eigenvalue weighted by molar-refractivity contribution is 0.357. The van der Waals surface area contributed by atoms with E-state index in [-0.39, 0.29) is 24.2 Å². The second kappa shape index (κ2) is 8.29. The highest BCUT2D eigenvalue weighted by Gasteiger charge is 2.49. The molecule has 0 N–H and O–H groups in total. The van der Waals surface area contributed by atoms with E-state index in [1.54, 1.807) is 0 Å². The van der Waals surface area contributed by atoms with Crippen LogP contribution in [0.2, 0.25) is 0 Å². The van der Waals surface area contributed by atoms with Crippen LogP contribution in [-0.4, -0.2) is 13.3 Å². The van der Waals surface area contributed by atoms with Gasteiger partial charge in [0.1, 0.15) is 0 Å². The molecule has 0 amide bonds. The van der Waals surface area contributed by atoms with Crippen LogP contribution in [-0.2, 0) is 10.8 Å². The Morgan fingerprint density at radius 3 is 2.14 bits per heavy atom. The van der Waals surface area contributed by atoms with E-state index in [4.69, 9.17) is 0 Å². The van der Waals surface area contributed by atoms with Crippen molar-refractivity contribution < 1.29 is 8.78 Å². The Balaban J connectivity index is 1.68. The topological polar surface area (TPSA) is 0 Å². The predicted molar refractivity (Wildman–Crippen MR) is 143 cm³/mol. The molecule has 0 aromatic heterocycles. The van der Waals surface area contributed by atoms with Crippen molar-refractivity contribution in [1.82, 2.24) is 0 Å². The molecule has 6 rings (SSSR count). The SMILES string of the molecule is CC1(C)c2ccc3ccccc3c2-c2ccc3c(c21)C(CCCF)(CCCCF)c1ccccc1-3. The molecule has 0 radical (unpaired) electrons. The van der Waals surface area contributed by atoms with E-state index in [1.807, 2.05) is 0 Å². The first-order valence-corrected chi connectivity index (χ1v) is 13.0. The molecule has 0 aliphatic heterocycles. The van der Waals surface area contributed by atoms with E-state index < -0.39 is 0 Å². The van der Waals surface area contributed by atoms with Gasteiger partial charge in [0, 0.05) is 10.8 Å². The van der Waals surface area contributed by atoms with Gasteiger partial charge in [0.05, 0.1) is 13.3 Å². The normalized spacial score (nSPS) is 18.9. The maximum Gasteiger partial charge on any atom is 0.0894 e. The van der Waals surface area contributed by atoms with Crippen molar-refractivity contribution in [2.24, 2.45) is 0 Å². The molecule has 4 aromatic carbocycles. The zero-order valence-corrected chi connectivity index (χ0v) is 20.6. The highest BCUT2D eigenvalue weighted by Crippen LogP contribution is 2.62. The molecular formula is C33H32F2. The van der Waals surface area contributed by atoms with Gasteiger partial charge in [0.15, 0.2) is 0 Å². The van der Waals surface area contributed by atoms with Gasteiger partial charge in [-0.15, -0.1) is 0 Å². The zero-order chi connectivity index (χ0) is 24.2. The van der Waals surface area contributed by atoms with Crippen molar-refractivity contribution in [2.45, 2.75) is 56.8 Å². The van der Waals surface area contributed by atoms with Gasteiger partial charge < -0.3 is 0 Å². The standard InChI is InChI=1S/C33H32F2/c1-32(2)28-17-14-22-10-3-4-11-23(22)29(28)26-16-15-25-24-12-5-6-13-27(24)33(19-9-21-35,18-7-8-20-34)31(25)30(26)32/h3-6,10-17H,7-9,18-21H2,1-2H3. The van der Waals surface area contributed by atoms with Crippen molar-refractivity contribution in [3.05, 3.63) is 95.1 Å². The van der Waals surface area contributed by atoms with Crippen LogP contribution >= 0.6 is 0 Å². The third-order valence-corrected chi connectivity index (χ3v) is 8.64. The van der Waals surface area contributed by atoms with E-state index in [0.29, 0.717) is 12.8 Å². The quantitative estimate of drug-likeness (QED) is 0.238. The van der Waals surface area contributed by atoms with Gasteiger partial charge in [0.25, 0.3) is 0 Å². The van der Waals surface area contributed by atoms with Gasteiger partial charge in [-0.05, 0) is 87.4 Å². The number of alkyl halides is 2. The van der Waals surface area contributed by atoms with Crippen molar-refractivity contribution >= 4 is 10.8 Å². The summed E-state index contributed by atoms with van der Waals surface area (Å²) in [4.78, 5) is 0. The molecule has 2 aliphatic rings. The van der Waals surface area contributed by atoms with Crippen LogP contribution in [0, 0.1) is 0 Å². The Morgan fingerprint density at radius 2 is 1.31 bits per heavy atom. The first-order chi connectivity index (χ1) is 17.0. The van der Waals surface area contributed by atoms with Gasteiger partial charge in [-0.2, -0.15) is 0 Å². The van der Waals surface area contributed by atoms with Gasteiger partial charge in [0.2, 0.25) is 0 Å². The number of rotatable bonds is 7. The van der Waals surface area contributed by atoms with Gasteiger partial charge in [-0.3, -0.25) is 8.78 Å². The third kappa shape index (κ3) is 3.08. The van der Waals surface area contributed by atoms with Crippen molar-refractivity contribution in [3.8, 4) is 22.3 Å². The second-order valence-electron chi connectivity index (χ2n) is 10.8. The Hall–Kier alpha value is -3.00. The Bertz CT molecular complexity index is 1430. The molecule has 1 unspecified atom stereocenters. The fourth-order valence-corrected chi connectivity index (χ4v) is 7.20. The van der Waals surface area contributed by atoms with Crippen molar-refractivity contribution in [2.75, 3.05) is 13.3 Å². The van der Waals surface area contributed by atoms with E-state index in [1.165, 1.54) is 55.3 Å². The summed E-state index contributed by atoms with van der Waals surface area (Å²) < 4.78 is 27.0. The molecule has 2 heteroatoms. The molecule has 0 saturated carbocycles. The lowest BCUT2D eigenvalue weighted by Crippen LogP contribution is -2.30. The van der Waals surface area contributed by atoms with Crippen LogP contribution in [0.25, 0.3) is 33.0 Å². The number of unbranched alkanes of at least 4 members (excludes halogenated alkanes) is 1. The number of halogens is 2. The zero-order valence-electron chi connectivity index (χ0n) is 20.6. The minimum Gasteiger partial charge on any atom is -0.251 e. The highest BCUT2D eigenvalue weighted by molar-refractivity contribution is 6.04. The molecule has 0 bridgehead atoms. The average Bonchev–Trinajstić information content (AvgIpc) is 3.29. The largest absolute Gasteiger partial charge is 0.251 e. The van der Waals surface area contributed by atoms with E-state index in [0.717, 1.165) is 19.3 Å². The Kier molecular flexibility index (Phi) is 5.32. The number of benzene rings is 4. The maximum atomic E-state index is 13.7. The summed E-state index contributed by atoms with van der Waals surface area (Å²) in [7, 11) is 0. The van der Waals surface area contributed by atoms with Crippen molar-refractivity contribution in [1.29, 1.82) is 0 Å². The van der Waals surface area contributed by atoms with Crippen LogP contribution in [0.5, 0.6) is 0 Å². The smallest absolute Gasteiger partial charge is 0.0894 e. The van der Waals surface area contributed by atoms with Crippen LogP contribution in [0.15, 0.2) is 72.8 Å². The van der Waals surface area contributed by atoms with E-state index >= 15 is 0 Å². The van der Waals surface area contributed by atoms with E-state index in [2.05, 4.69) is 86.6 Å². The van der Waals surface area contributed by atoms with Crippen LogP contribution in [0.4, 0.5) is 8.78 Å². The summed E-state index contributed by atoms with van der Waals surface area (Å²) in [6, 6.07) is 26.5. The average molecular weight is 467 g/mol. The number of hydrogen-bond donors (Lipinski definition) is 0.